The molecule has 0 aliphatic carbocycles. The smallest absolute Gasteiger partial charge is 0.335 e. The molecule has 0 aliphatic heterocycles. The average molecular weight is 717 g/mol. The minimum absolute atomic E-state index is 0.0347. The summed E-state index contributed by atoms with van der Waals surface area (Å²) in [5.74, 6) is 0.390. The van der Waals surface area contributed by atoms with Gasteiger partial charge in [0.05, 0.1) is 22.7 Å². The van der Waals surface area contributed by atoms with Crippen LogP contribution in [0.1, 0.15) is 93.3 Å². The summed E-state index contributed by atoms with van der Waals surface area (Å²) in [4.78, 5) is 29.8. The van der Waals surface area contributed by atoms with Crippen LogP contribution in [0.15, 0.2) is 59.8 Å². The van der Waals surface area contributed by atoms with Gasteiger partial charge < -0.3 is 15.2 Å². The Hall–Kier alpha value is -4.42. The third kappa shape index (κ3) is 11.3. The standard InChI is InChI=1S/C39H52N6O5S/c1-24(2)16-28-20-41-33(42-21-28)22-40-31(19-39(7,8)9)23-50-36-27(6)35(34-26(5)12-10-13-29(34)17-25(3)4)43-38(44-36)45-51(48,49)32-15-11-14-30(18-32)37(46)47/h10-15,18,20-21,24-25,31,40H,16-17,19,22-23H2,1-9H3,(H,46,47)(H,43,44,45)/t31-/m1/s1. The number of carboxylic acids is 1. The van der Waals surface area contributed by atoms with Crippen molar-refractivity contribution in [3.05, 3.63) is 88.5 Å². The molecule has 2 heterocycles. The van der Waals surface area contributed by atoms with Crippen molar-refractivity contribution in [1.82, 2.24) is 25.3 Å². The molecule has 4 aromatic rings. The van der Waals surface area contributed by atoms with E-state index < -0.39 is 16.0 Å². The molecule has 12 heteroatoms. The maximum Gasteiger partial charge on any atom is 0.335 e. The summed E-state index contributed by atoms with van der Waals surface area (Å²) in [5, 5.41) is 13.0. The second-order valence-electron chi connectivity index (χ2n) is 15.2. The van der Waals surface area contributed by atoms with Gasteiger partial charge in [0.15, 0.2) is 0 Å². The van der Waals surface area contributed by atoms with Crippen molar-refractivity contribution in [3.8, 4) is 17.1 Å². The van der Waals surface area contributed by atoms with E-state index in [1.54, 1.807) is 0 Å². The number of sulfonamides is 1. The Morgan fingerprint density at radius 3 is 2.24 bits per heavy atom. The SMILES string of the molecule is Cc1cccc(CC(C)C)c1-c1nc(NS(=O)(=O)c2cccc(C(=O)O)c2)nc(OC[C@@H](CC(C)(C)C)NCc2ncc(CC(C)C)cn2)c1C. The van der Waals surface area contributed by atoms with Crippen LogP contribution in [0.2, 0.25) is 0 Å². The van der Waals surface area contributed by atoms with Crippen LogP contribution in [0.25, 0.3) is 11.3 Å². The monoisotopic (exact) mass is 716 g/mol. The van der Waals surface area contributed by atoms with Crippen molar-refractivity contribution in [1.29, 1.82) is 0 Å². The van der Waals surface area contributed by atoms with Gasteiger partial charge in [-0.1, -0.05) is 72.7 Å². The number of aromatic nitrogens is 4. The Kier molecular flexibility index (Phi) is 12.9. The molecule has 274 valence electrons. The molecular formula is C39H52N6O5S. The second kappa shape index (κ2) is 16.7. The van der Waals surface area contributed by atoms with Gasteiger partial charge in [-0.3, -0.25) is 0 Å². The van der Waals surface area contributed by atoms with Crippen molar-refractivity contribution in [2.45, 2.75) is 99.1 Å². The van der Waals surface area contributed by atoms with Crippen molar-refractivity contribution >= 4 is 21.9 Å². The fraction of sp³-hybridized carbons (Fsp3) is 0.462. The average Bonchev–Trinajstić information content (AvgIpc) is 3.03. The topological polar surface area (TPSA) is 156 Å². The first-order valence-electron chi connectivity index (χ1n) is 17.4. The summed E-state index contributed by atoms with van der Waals surface area (Å²) in [7, 11) is -4.26. The van der Waals surface area contributed by atoms with Gasteiger partial charge in [0.25, 0.3) is 10.0 Å². The van der Waals surface area contributed by atoms with Gasteiger partial charge in [-0.15, -0.1) is 0 Å². The van der Waals surface area contributed by atoms with Crippen molar-refractivity contribution in [3.63, 3.8) is 0 Å². The van der Waals surface area contributed by atoms with Gasteiger partial charge in [0.2, 0.25) is 11.8 Å². The van der Waals surface area contributed by atoms with E-state index in [9.17, 15) is 18.3 Å². The number of rotatable bonds is 16. The lowest BCUT2D eigenvalue weighted by Gasteiger charge is -2.27. The van der Waals surface area contributed by atoms with Crippen molar-refractivity contribution in [2.24, 2.45) is 17.3 Å². The molecule has 0 radical (unpaired) electrons. The number of carbonyl (C=O) groups is 1. The van der Waals surface area contributed by atoms with E-state index in [2.05, 4.69) is 79.5 Å². The fourth-order valence-electron chi connectivity index (χ4n) is 5.97. The van der Waals surface area contributed by atoms with E-state index in [1.165, 1.54) is 18.2 Å². The van der Waals surface area contributed by atoms with Crippen LogP contribution < -0.4 is 14.8 Å². The Balaban J connectivity index is 1.71. The zero-order valence-electron chi connectivity index (χ0n) is 31.2. The van der Waals surface area contributed by atoms with Crippen LogP contribution in [0.5, 0.6) is 5.88 Å². The third-order valence-corrected chi connectivity index (χ3v) is 9.50. The quantitative estimate of drug-likeness (QED) is 0.107. The van der Waals surface area contributed by atoms with Gasteiger partial charge in [-0.2, -0.15) is 4.98 Å². The maximum atomic E-state index is 13.6. The maximum absolute atomic E-state index is 13.6. The van der Waals surface area contributed by atoms with Crippen LogP contribution in [-0.2, 0) is 29.4 Å². The molecular weight excluding hydrogens is 665 g/mol. The van der Waals surface area contributed by atoms with E-state index in [0.29, 0.717) is 35.5 Å². The number of benzene rings is 2. The predicted molar refractivity (Wildman–Crippen MR) is 200 cm³/mol. The van der Waals surface area contributed by atoms with Gasteiger partial charge in [0.1, 0.15) is 12.4 Å². The van der Waals surface area contributed by atoms with E-state index in [-0.39, 0.29) is 40.4 Å². The summed E-state index contributed by atoms with van der Waals surface area (Å²) >= 11 is 0. The number of aromatic carboxylic acids is 1. The van der Waals surface area contributed by atoms with Gasteiger partial charge in [0, 0.05) is 29.6 Å². The van der Waals surface area contributed by atoms with Gasteiger partial charge in [-0.05, 0) is 85.3 Å². The minimum atomic E-state index is -4.26. The highest BCUT2D eigenvalue weighted by atomic mass is 32.2. The first-order chi connectivity index (χ1) is 23.9. The highest BCUT2D eigenvalue weighted by Crippen LogP contribution is 2.35. The minimum Gasteiger partial charge on any atom is -0.478 e. The Labute approximate surface area is 302 Å². The summed E-state index contributed by atoms with van der Waals surface area (Å²) in [5.41, 5.74) is 5.09. The lowest BCUT2D eigenvalue weighted by atomic mass is 9.88. The molecule has 11 nitrogen and oxygen atoms in total. The number of hydrogen-bond acceptors (Lipinski definition) is 9. The fourth-order valence-corrected chi connectivity index (χ4v) is 6.96. The molecule has 0 fully saturated rings. The summed E-state index contributed by atoms with van der Waals surface area (Å²) < 4.78 is 36.1. The number of nitrogens with zero attached hydrogens (tertiary/aromatic N) is 4. The van der Waals surface area contributed by atoms with E-state index in [1.807, 2.05) is 38.4 Å². The van der Waals surface area contributed by atoms with Crippen LogP contribution in [0.3, 0.4) is 0 Å². The number of aryl methyl sites for hydroxylation is 1. The normalized spacial score (nSPS) is 12.7. The van der Waals surface area contributed by atoms with Crippen LogP contribution in [-0.4, -0.2) is 52.1 Å². The summed E-state index contributed by atoms with van der Waals surface area (Å²) in [6.45, 7) is 19.7. The van der Waals surface area contributed by atoms with Gasteiger partial charge >= 0.3 is 5.97 Å². The second-order valence-corrected chi connectivity index (χ2v) is 16.9. The molecule has 2 aromatic heterocycles. The zero-order valence-corrected chi connectivity index (χ0v) is 32.1. The molecule has 0 saturated carbocycles. The van der Waals surface area contributed by atoms with Crippen LogP contribution in [0, 0.1) is 31.1 Å². The lowest BCUT2D eigenvalue weighted by Crippen LogP contribution is -2.38. The molecule has 0 unspecified atom stereocenters. The molecule has 0 aliphatic rings. The first kappa shape index (κ1) is 39.4. The largest absolute Gasteiger partial charge is 0.478 e. The van der Waals surface area contributed by atoms with E-state index >= 15 is 0 Å². The number of nitrogens with one attached hydrogen (secondary N) is 2. The number of ether oxygens (including phenoxy) is 1. The highest BCUT2D eigenvalue weighted by molar-refractivity contribution is 7.92. The van der Waals surface area contributed by atoms with Crippen LogP contribution >= 0.6 is 0 Å². The Morgan fingerprint density at radius 2 is 1.61 bits per heavy atom. The molecule has 0 bridgehead atoms. The van der Waals surface area contributed by atoms with Crippen LogP contribution in [0.4, 0.5) is 5.95 Å². The highest BCUT2D eigenvalue weighted by Gasteiger charge is 2.25. The molecule has 0 spiro atoms. The molecule has 4 rings (SSSR count). The summed E-state index contributed by atoms with van der Waals surface area (Å²) in [6, 6.07) is 11.1. The predicted octanol–water partition coefficient (Wildman–Crippen LogP) is 7.42. The molecule has 2 aromatic carbocycles. The number of carboxylic acid groups (broad SMARTS) is 1. The summed E-state index contributed by atoms with van der Waals surface area (Å²) in [6.07, 6.45) is 6.24. The number of hydrogen-bond donors (Lipinski definition) is 3. The zero-order chi connectivity index (χ0) is 37.5. The molecule has 51 heavy (non-hydrogen) atoms. The Morgan fingerprint density at radius 1 is 0.941 bits per heavy atom. The van der Waals surface area contributed by atoms with Gasteiger partial charge in [-0.25, -0.2) is 32.9 Å². The number of anilines is 1. The first-order valence-corrected chi connectivity index (χ1v) is 18.9. The lowest BCUT2D eigenvalue weighted by molar-refractivity contribution is 0.0696. The van der Waals surface area contributed by atoms with E-state index in [4.69, 9.17) is 9.72 Å². The Bertz CT molecular complexity index is 1920. The molecule has 1 atom stereocenters. The van der Waals surface area contributed by atoms with Crippen molar-refractivity contribution < 1.29 is 23.1 Å². The molecule has 0 saturated heterocycles. The van der Waals surface area contributed by atoms with Crippen molar-refractivity contribution in [2.75, 3.05) is 11.3 Å². The third-order valence-electron chi connectivity index (χ3n) is 8.17. The molecule has 0 amide bonds. The molecule has 3 N–H and O–H groups in total. The van der Waals surface area contributed by atoms with E-state index in [0.717, 1.165) is 47.6 Å².